The van der Waals surface area contributed by atoms with Crippen molar-refractivity contribution in [3.8, 4) is 0 Å². The Morgan fingerprint density at radius 1 is 0.706 bits per heavy atom. The highest BCUT2D eigenvalue weighted by Crippen LogP contribution is 2.68. The van der Waals surface area contributed by atoms with Gasteiger partial charge in [-0.2, -0.15) is 0 Å². The molecule has 0 bridgehead atoms. The molecule has 0 aromatic rings. The van der Waals surface area contributed by atoms with E-state index in [1.807, 2.05) is 0 Å². The van der Waals surface area contributed by atoms with Gasteiger partial charge in [0, 0.05) is 25.7 Å². The summed E-state index contributed by atoms with van der Waals surface area (Å²) in [5.74, 6) is 6.03. The maximum Gasteiger partial charge on any atom is 0.134 e. The second kappa shape index (κ2) is 3.30. The van der Waals surface area contributed by atoms with Gasteiger partial charge in [-0.3, -0.25) is 9.59 Å². The lowest BCUT2D eigenvalue weighted by atomic mass is 9.77. The van der Waals surface area contributed by atoms with Crippen molar-refractivity contribution in [3.63, 3.8) is 0 Å². The number of carbonyl (C=O) groups excluding carboxylic acids is 2. The Hall–Kier alpha value is -0.920. The smallest absolute Gasteiger partial charge is 0.134 e. The van der Waals surface area contributed by atoms with E-state index in [0.29, 0.717) is 23.4 Å². The van der Waals surface area contributed by atoms with Crippen molar-refractivity contribution < 1.29 is 9.59 Å². The third-order valence-electron chi connectivity index (χ3n) is 5.55. The van der Waals surface area contributed by atoms with Crippen molar-refractivity contribution >= 4 is 11.6 Å². The first-order valence-corrected chi connectivity index (χ1v) is 6.94. The van der Waals surface area contributed by atoms with E-state index in [0.717, 1.165) is 49.4 Å². The quantitative estimate of drug-likeness (QED) is 0.599. The fourth-order valence-electron chi connectivity index (χ4n) is 4.40. The van der Waals surface area contributed by atoms with Crippen LogP contribution in [0.2, 0.25) is 0 Å². The van der Waals surface area contributed by atoms with Gasteiger partial charge in [-0.25, -0.2) is 0 Å². The highest BCUT2D eigenvalue weighted by Gasteiger charge is 2.63. The average Bonchev–Trinajstić information content (AvgIpc) is 2.86. The normalized spacial score (nSPS) is 51.5. The monoisotopic (exact) mass is 230 g/mol. The summed E-state index contributed by atoms with van der Waals surface area (Å²) < 4.78 is 0. The summed E-state index contributed by atoms with van der Waals surface area (Å²) in [7, 11) is 0. The lowest BCUT2D eigenvalue weighted by Crippen LogP contribution is -2.23. The molecule has 90 valence electrons. The van der Waals surface area contributed by atoms with E-state index in [1.54, 1.807) is 0 Å². The second-order valence-electron chi connectivity index (χ2n) is 6.50. The van der Waals surface area contributed by atoms with Crippen molar-refractivity contribution in [1.29, 1.82) is 0 Å². The Labute approximate surface area is 101 Å². The maximum absolute atomic E-state index is 10.9. The summed E-state index contributed by atoms with van der Waals surface area (Å²) in [4.78, 5) is 21.5. The van der Waals surface area contributed by atoms with Crippen LogP contribution in [0.3, 0.4) is 0 Å². The van der Waals surface area contributed by atoms with Crippen molar-refractivity contribution in [2.24, 2.45) is 35.5 Å². The summed E-state index contributed by atoms with van der Waals surface area (Å²) in [6, 6.07) is 0. The van der Waals surface area contributed by atoms with E-state index in [9.17, 15) is 9.59 Å². The molecule has 4 saturated carbocycles. The standard InChI is InChI=1S/C8H10O.C7H8O/c9-4-1-5-6(2-4)8-3-7(5)8;8-7-3-5-1-2-6(5)4-7/h5-8H,1-3H2;1-2,5-6H,3-4H2/t5-,6+,7+,8-;5-,6+. The largest absolute Gasteiger partial charge is 0.300 e. The summed E-state index contributed by atoms with van der Waals surface area (Å²) >= 11 is 0. The molecule has 0 aromatic carbocycles. The summed E-state index contributed by atoms with van der Waals surface area (Å²) in [5.41, 5.74) is 0. The fraction of sp³-hybridized carbons (Fsp3) is 0.733. The van der Waals surface area contributed by atoms with Crippen LogP contribution in [-0.2, 0) is 9.59 Å². The molecule has 0 spiro atoms. The first-order valence-electron chi connectivity index (χ1n) is 6.94. The fourth-order valence-corrected chi connectivity index (χ4v) is 4.40. The van der Waals surface area contributed by atoms with Gasteiger partial charge in [0.05, 0.1) is 0 Å². The molecule has 6 atom stereocenters. The van der Waals surface area contributed by atoms with Crippen LogP contribution in [0.15, 0.2) is 12.2 Å². The lowest BCUT2D eigenvalue weighted by Gasteiger charge is -2.27. The minimum absolute atomic E-state index is 0.449. The Balaban J connectivity index is 0.0000000950. The van der Waals surface area contributed by atoms with Crippen LogP contribution in [0.5, 0.6) is 0 Å². The van der Waals surface area contributed by atoms with Gasteiger partial charge < -0.3 is 0 Å². The molecule has 0 aromatic heterocycles. The molecular weight excluding hydrogens is 212 g/mol. The number of carbonyl (C=O) groups is 2. The van der Waals surface area contributed by atoms with Gasteiger partial charge in [0.2, 0.25) is 0 Å². The van der Waals surface area contributed by atoms with Gasteiger partial charge >= 0.3 is 0 Å². The third-order valence-corrected chi connectivity index (χ3v) is 5.55. The first-order chi connectivity index (χ1) is 8.22. The molecule has 0 saturated heterocycles. The van der Waals surface area contributed by atoms with Gasteiger partial charge in [0.15, 0.2) is 0 Å². The van der Waals surface area contributed by atoms with Crippen LogP contribution in [0.25, 0.3) is 0 Å². The third kappa shape index (κ3) is 1.46. The lowest BCUT2D eigenvalue weighted by molar-refractivity contribution is -0.118. The van der Waals surface area contributed by atoms with E-state index in [-0.39, 0.29) is 0 Å². The molecule has 5 aliphatic rings. The number of rotatable bonds is 0. The van der Waals surface area contributed by atoms with Crippen LogP contribution >= 0.6 is 0 Å². The molecule has 2 heteroatoms. The highest BCUT2D eigenvalue weighted by molar-refractivity contribution is 5.83. The predicted molar refractivity (Wildman–Crippen MR) is 63.2 cm³/mol. The minimum Gasteiger partial charge on any atom is -0.300 e. The molecule has 0 amide bonds. The van der Waals surface area contributed by atoms with Crippen LogP contribution in [-0.4, -0.2) is 11.6 Å². The van der Waals surface area contributed by atoms with E-state index < -0.39 is 0 Å². The average molecular weight is 230 g/mol. The van der Waals surface area contributed by atoms with Crippen LogP contribution in [0, 0.1) is 35.5 Å². The number of Topliss-reactive ketones (excluding diaryl/α,β-unsaturated/α-hetero) is 2. The zero-order valence-electron chi connectivity index (χ0n) is 9.97. The molecule has 0 heterocycles. The van der Waals surface area contributed by atoms with Gasteiger partial charge in [-0.15, -0.1) is 0 Å². The van der Waals surface area contributed by atoms with Crippen molar-refractivity contribution in [2.75, 3.05) is 0 Å². The molecule has 5 aliphatic carbocycles. The van der Waals surface area contributed by atoms with E-state index in [4.69, 9.17) is 0 Å². The zero-order valence-corrected chi connectivity index (χ0v) is 9.97. The summed E-state index contributed by atoms with van der Waals surface area (Å²) in [6.45, 7) is 0. The molecule has 17 heavy (non-hydrogen) atoms. The Morgan fingerprint density at radius 3 is 1.59 bits per heavy atom. The number of fused-ring (bicyclic) bond motifs is 5. The summed E-state index contributed by atoms with van der Waals surface area (Å²) in [6.07, 6.45) is 9.27. The molecular formula is C15H18O2. The van der Waals surface area contributed by atoms with Crippen molar-refractivity contribution in [3.05, 3.63) is 12.2 Å². The Kier molecular flexibility index (Phi) is 1.95. The zero-order chi connectivity index (χ0) is 11.6. The highest BCUT2D eigenvalue weighted by atomic mass is 16.1. The van der Waals surface area contributed by atoms with Crippen molar-refractivity contribution in [2.45, 2.75) is 32.1 Å². The number of ketones is 2. The maximum atomic E-state index is 10.9. The first kappa shape index (κ1) is 10.0. The van der Waals surface area contributed by atoms with Gasteiger partial charge in [0.25, 0.3) is 0 Å². The molecule has 0 unspecified atom stereocenters. The predicted octanol–water partition coefficient (Wildman–Crippen LogP) is 2.38. The van der Waals surface area contributed by atoms with E-state index in [2.05, 4.69) is 12.2 Å². The van der Waals surface area contributed by atoms with Crippen LogP contribution in [0.4, 0.5) is 0 Å². The van der Waals surface area contributed by atoms with Gasteiger partial charge in [-0.05, 0) is 41.9 Å². The number of allylic oxidation sites excluding steroid dienone is 2. The molecule has 0 N–H and O–H groups in total. The molecule has 2 nitrogen and oxygen atoms in total. The van der Waals surface area contributed by atoms with Crippen LogP contribution in [0.1, 0.15) is 32.1 Å². The van der Waals surface area contributed by atoms with Crippen molar-refractivity contribution in [1.82, 2.24) is 0 Å². The Morgan fingerprint density at radius 2 is 1.18 bits per heavy atom. The van der Waals surface area contributed by atoms with E-state index in [1.165, 1.54) is 6.42 Å². The topological polar surface area (TPSA) is 34.1 Å². The number of hydrogen-bond donors (Lipinski definition) is 0. The number of hydrogen-bond acceptors (Lipinski definition) is 2. The molecule has 4 fully saturated rings. The minimum atomic E-state index is 0.449. The second-order valence-corrected chi connectivity index (χ2v) is 6.50. The molecule has 0 aliphatic heterocycles. The molecule has 5 rings (SSSR count). The van der Waals surface area contributed by atoms with Gasteiger partial charge in [-0.1, -0.05) is 12.2 Å². The molecule has 0 radical (unpaired) electrons. The summed E-state index contributed by atoms with van der Waals surface area (Å²) in [5, 5.41) is 0. The van der Waals surface area contributed by atoms with Gasteiger partial charge in [0.1, 0.15) is 11.6 Å². The SMILES string of the molecule is O=C1C[C@@H]2[C@H](C1)[C@H]1C[C@@H]21.O=C1C[C@H]2C=C[C@H]2C1. The van der Waals surface area contributed by atoms with Crippen LogP contribution < -0.4 is 0 Å². The Bertz CT molecular complexity index is 389. The van der Waals surface area contributed by atoms with E-state index >= 15 is 0 Å².